The number of likely N-dealkylation sites (N-methyl/N-ethyl adjacent to an activating group) is 1. The van der Waals surface area contributed by atoms with Crippen LogP contribution in [0.25, 0.3) is 0 Å². The van der Waals surface area contributed by atoms with Crippen LogP contribution in [-0.2, 0) is 26.2 Å². The van der Waals surface area contributed by atoms with Crippen molar-refractivity contribution < 1.29 is 18.0 Å². The van der Waals surface area contributed by atoms with Crippen molar-refractivity contribution in [3.8, 4) is 0 Å². The van der Waals surface area contributed by atoms with Gasteiger partial charge in [0.05, 0.1) is 11.9 Å². The van der Waals surface area contributed by atoms with Gasteiger partial charge in [-0.2, -0.15) is 0 Å². The number of amides is 2. The SMILES string of the molecule is CNC(=O)[C@H](C)N(Cc1cccc(Br)c1)C(=O)CCCN(c1cc(C)ccc1C)S(C)(=O)=O. The van der Waals surface area contributed by atoms with E-state index in [4.69, 9.17) is 0 Å². The smallest absolute Gasteiger partial charge is 0.242 e. The maximum atomic E-state index is 13.1. The molecule has 0 fully saturated rings. The van der Waals surface area contributed by atoms with Crippen LogP contribution in [0.3, 0.4) is 0 Å². The maximum absolute atomic E-state index is 13.1. The normalized spacial score (nSPS) is 12.2. The number of nitrogens with zero attached hydrogens (tertiary/aromatic N) is 2. The average molecular weight is 539 g/mol. The Hall–Kier alpha value is -2.39. The number of sulfonamides is 1. The highest BCUT2D eigenvalue weighted by molar-refractivity contribution is 9.10. The number of benzene rings is 2. The van der Waals surface area contributed by atoms with Crippen molar-refractivity contribution in [2.24, 2.45) is 0 Å². The Bertz CT molecular complexity index is 1100. The van der Waals surface area contributed by atoms with Crippen LogP contribution in [-0.4, -0.2) is 51.0 Å². The summed E-state index contributed by atoms with van der Waals surface area (Å²) in [6.45, 7) is 5.91. The van der Waals surface area contributed by atoms with E-state index in [0.717, 1.165) is 21.2 Å². The highest BCUT2D eigenvalue weighted by atomic mass is 79.9. The van der Waals surface area contributed by atoms with Gasteiger partial charge in [0.25, 0.3) is 0 Å². The van der Waals surface area contributed by atoms with Crippen molar-refractivity contribution in [3.63, 3.8) is 0 Å². The van der Waals surface area contributed by atoms with E-state index in [9.17, 15) is 18.0 Å². The van der Waals surface area contributed by atoms with E-state index < -0.39 is 16.1 Å². The van der Waals surface area contributed by atoms with E-state index in [1.807, 2.05) is 56.3 Å². The molecule has 0 spiro atoms. The third-order valence-electron chi connectivity index (χ3n) is 5.44. The molecule has 0 saturated carbocycles. The summed E-state index contributed by atoms with van der Waals surface area (Å²) >= 11 is 3.43. The van der Waals surface area contributed by atoms with Crippen LogP contribution >= 0.6 is 15.9 Å². The summed E-state index contributed by atoms with van der Waals surface area (Å²) in [6.07, 6.45) is 1.62. The number of hydrogen-bond donors (Lipinski definition) is 1. The number of carbonyl (C=O) groups excluding carboxylic acids is 2. The molecule has 7 nitrogen and oxygen atoms in total. The number of anilines is 1. The van der Waals surface area contributed by atoms with Crippen LogP contribution in [0.2, 0.25) is 0 Å². The Morgan fingerprint density at radius 3 is 2.42 bits per heavy atom. The molecule has 2 aromatic carbocycles. The molecule has 33 heavy (non-hydrogen) atoms. The Balaban J connectivity index is 2.18. The molecule has 9 heteroatoms. The molecule has 2 aromatic rings. The average Bonchev–Trinajstić information content (AvgIpc) is 2.75. The maximum Gasteiger partial charge on any atom is 0.242 e. The van der Waals surface area contributed by atoms with Crippen molar-refractivity contribution in [3.05, 3.63) is 63.6 Å². The van der Waals surface area contributed by atoms with Crippen molar-refractivity contribution in [1.82, 2.24) is 10.2 Å². The zero-order chi connectivity index (χ0) is 24.8. The van der Waals surface area contributed by atoms with Gasteiger partial charge in [-0.15, -0.1) is 0 Å². The lowest BCUT2D eigenvalue weighted by Crippen LogP contribution is -2.46. The summed E-state index contributed by atoms with van der Waals surface area (Å²) in [5.41, 5.74) is 3.32. The van der Waals surface area contributed by atoms with Crippen LogP contribution in [0.5, 0.6) is 0 Å². The van der Waals surface area contributed by atoms with Crippen LogP contribution in [0.15, 0.2) is 46.9 Å². The molecular formula is C24H32BrN3O4S. The Morgan fingerprint density at radius 2 is 1.82 bits per heavy atom. The molecule has 1 N–H and O–H groups in total. The first-order valence-electron chi connectivity index (χ1n) is 10.7. The number of carbonyl (C=O) groups is 2. The van der Waals surface area contributed by atoms with Gasteiger partial charge in [0.15, 0.2) is 0 Å². The van der Waals surface area contributed by atoms with Crippen LogP contribution in [0, 0.1) is 13.8 Å². The standard InChI is InChI=1S/C24H32BrN3O4S/c1-17-11-12-18(2)22(14-17)28(33(5,31)32)13-7-10-23(29)27(19(3)24(30)26-4)16-20-8-6-9-21(25)15-20/h6,8-9,11-12,14-15,19H,7,10,13,16H2,1-5H3,(H,26,30)/t19-/m0/s1. The minimum Gasteiger partial charge on any atom is -0.357 e. The first-order valence-corrected chi connectivity index (χ1v) is 13.4. The second-order valence-corrected chi connectivity index (χ2v) is 11.0. The summed E-state index contributed by atoms with van der Waals surface area (Å²) in [7, 11) is -1.99. The number of halogens is 1. The number of nitrogens with one attached hydrogen (secondary N) is 1. The highest BCUT2D eigenvalue weighted by Gasteiger charge is 2.26. The van der Waals surface area contributed by atoms with E-state index in [0.29, 0.717) is 12.1 Å². The van der Waals surface area contributed by atoms with Crippen molar-refractivity contribution in [2.75, 3.05) is 24.2 Å². The van der Waals surface area contributed by atoms with Gasteiger partial charge in [-0.3, -0.25) is 13.9 Å². The molecular weight excluding hydrogens is 506 g/mol. The molecule has 0 unspecified atom stereocenters. The molecule has 0 aromatic heterocycles. The predicted molar refractivity (Wildman–Crippen MR) is 136 cm³/mol. The molecule has 0 bridgehead atoms. The van der Waals surface area contributed by atoms with Crippen LogP contribution in [0.4, 0.5) is 5.69 Å². The van der Waals surface area contributed by atoms with E-state index in [-0.39, 0.29) is 31.3 Å². The minimum atomic E-state index is -3.52. The molecule has 1 atom stereocenters. The molecule has 2 rings (SSSR count). The summed E-state index contributed by atoms with van der Waals surface area (Å²) in [5, 5.41) is 2.59. The lowest BCUT2D eigenvalue weighted by Gasteiger charge is -2.29. The van der Waals surface area contributed by atoms with Gasteiger partial charge in [0.1, 0.15) is 6.04 Å². The monoisotopic (exact) mass is 537 g/mol. The second kappa shape index (κ2) is 11.7. The Morgan fingerprint density at radius 1 is 1.12 bits per heavy atom. The summed E-state index contributed by atoms with van der Waals surface area (Å²) in [5.74, 6) is -0.466. The summed E-state index contributed by atoms with van der Waals surface area (Å²) < 4.78 is 27.2. The summed E-state index contributed by atoms with van der Waals surface area (Å²) in [4.78, 5) is 27.0. The predicted octanol–water partition coefficient (Wildman–Crippen LogP) is 3.78. The number of hydrogen-bond acceptors (Lipinski definition) is 4. The van der Waals surface area contributed by atoms with Crippen molar-refractivity contribution in [1.29, 1.82) is 0 Å². The van der Waals surface area contributed by atoms with Crippen molar-refractivity contribution in [2.45, 2.75) is 46.2 Å². The third-order valence-corrected chi connectivity index (χ3v) is 7.11. The fourth-order valence-corrected chi connectivity index (χ4v) is 5.06. The lowest BCUT2D eigenvalue weighted by molar-refractivity contribution is -0.140. The summed E-state index contributed by atoms with van der Waals surface area (Å²) in [6, 6.07) is 12.6. The van der Waals surface area contributed by atoms with Gasteiger partial charge in [0, 0.05) is 31.0 Å². The van der Waals surface area contributed by atoms with Gasteiger partial charge in [-0.25, -0.2) is 8.42 Å². The van der Waals surface area contributed by atoms with Gasteiger partial charge >= 0.3 is 0 Å². The third kappa shape index (κ3) is 7.57. The highest BCUT2D eigenvalue weighted by Crippen LogP contribution is 2.25. The molecule has 180 valence electrons. The van der Waals surface area contributed by atoms with E-state index in [2.05, 4.69) is 21.2 Å². The molecule has 0 aliphatic heterocycles. The molecule has 0 aliphatic carbocycles. The Labute approximate surface area is 205 Å². The Kier molecular flexibility index (Phi) is 9.48. The largest absolute Gasteiger partial charge is 0.357 e. The van der Waals surface area contributed by atoms with E-state index >= 15 is 0 Å². The van der Waals surface area contributed by atoms with Crippen molar-refractivity contribution >= 4 is 43.5 Å². The zero-order valence-corrected chi connectivity index (χ0v) is 22.2. The fraction of sp³-hybridized carbons (Fsp3) is 0.417. The topological polar surface area (TPSA) is 86.8 Å². The van der Waals surface area contributed by atoms with Crippen LogP contribution in [0.1, 0.15) is 36.5 Å². The molecule has 0 aliphatic rings. The number of rotatable bonds is 10. The lowest BCUT2D eigenvalue weighted by atomic mass is 10.1. The first-order chi connectivity index (χ1) is 15.4. The van der Waals surface area contributed by atoms with Gasteiger partial charge < -0.3 is 10.2 Å². The zero-order valence-electron chi connectivity index (χ0n) is 19.8. The van der Waals surface area contributed by atoms with E-state index in [1.54, 1.807) is 6.92 Å². The van der Waals surface area contributed by atoms with Gasteiger partial charge in [-0.05, 0) is 62.1 Å². The molecule has 0 radical (unpaired) electrons. The first kappa shape index (κ1) is 26.9. The molecule has 2 amide bonds. The molecule has 0 heterocycles. The van der Waals surface area contributed by atoms with E-state index in [1.165, 1.54) is 22.5 Å². The quantitative estimate of drug-likeness (QED) is 0.499. The second-order valence-electron chi connectivity index (χ2n) is 8.17. The van der Waals surface area contributed by atoms with Gasteiger partial charge in [0.2, 0.25) is 21.8 Å². The van der Waals surface area contributed by atoms with Crippen LogP contribution < -0.4 is 9.62 Å². The number of aryl methyl sites for hydroxylation is 2. The van der Waals surface area contributed by atoms with Gasteiger partial charge in [-0.1, -0.05) is 40.2 Å². The minimum absolute atomic E-state index is 0.117. The molecule has 0 saturated heterocycles. The fourth-order valence-electron chi connectivity index (χ4n) is 3.59.